The molecule has 1 aliphatic heterocycles. The van der Waals surface area contributed by atoms with Gasteiger partial charge in [-0.1, -0.05) is 25.7 Å². The van der Waals surface area contributed by atoms with Gasteiger partial charge in [0.25, 0.3) is 0 Å². The Balaban J connectivity index is 1.62. The van der Waals surface area contributed by atoms with Gasteiger partial charge in [0.15, 0.2) is 0 Å². The van der Waals surface area contributed by atoms with Crippen LogP contribution in [0.25, 0.3) is 0 Å². The van der Waals surface area contributed by atoms with Gasteiger partial charge in [-0.15, -0.1) is 0 Å². The van der Waals surface area contributed by atoms with Crippen LogP contribution in [0.1, 0.15) is 52.4 Å². The van der Waals surface area contributed by atoms with Gasteiger partial charge >= 0.3 is 0 Å². The Morgan fingerprint density at radius 2 is 1.61 bits per heavy atom. The van der Waals surface area contributed by atoms with E-state index in [1.54, 1.807) is 0 Å². The Morgan fingerprint density at radius 3 is 2.22 bits per heavy atom. The van der Waals surface area contributed by atoms with E-state index in [0.717, 1.165) is 25.7 Å². The summed E-state index contributed by atoms with van der Waals surface area (Å²) in [5, 5.41) is 3.76. The number of hydrogen-bond donors (Lipinski definition) is 1. The van der Waals surface area contributed by atoms with Crippen LogP contribution in [0, 0.1) is 0 Å². The lowest BCUT2D eigenvalue weighted by Gasteiger charge is -2.35. The Labute approximate surface area is 112 Å². The first kappa shape index (κ1) is 14.3. The Hall–Kier alpha value is -0.120. The van der Waals surface area contributed by atoms with Crippen molar-refractivity contribution in [2.75, 3.05) is 26.2 Å². The predicted molar refractivity (Wildman–Crippen MR) is 75.9 cm³/mol. The van der Waals surface area contributed by atoms with Gasteiger partial charge in [0.2, 0.25) is 0 Å². The second kappa shape index (κ2) is 7.46. The van der Waals surface area contributed by atoms with Gasteiger partial charge in [-0.2, -0.15) is 0 Å². The first-order valence-electron chi connectivity index (χ1n) is 7.85. The van der Waals surface area contributed by atoms with E-state index in [9.17, 15) is 0 Å². The van der Waals surface area contributed by atoms with Crippen molar-refractivity contribution in [1.29, 1.82) is 0 Å². The lowest BCUT2D eigenvalue weighted by atomic mass is 10.1. The molecule has 1 heterocycles. The third kappa shape index (κ3) is 4.87. The molecule has 0 amide bonds. The summed E-state index contributed by atoms with van der Waals surface area (Å²) in [7, 11) is 0. The summed E-state index contributed by atoms with van der Waals surface area (Å²) in [6, 6.07) is 0.781. The molecule has 2 aliphatic rings. The molecule has 2 rings (SSSR count). The van der Waals surface area contributed by atoms with E-state index >= 15 is 0 Å². The van der Waals surface area contributed by atoms with Gasteiger partial charge < -0.3 is 10.1 Å². The van der Waals surface area contributed by atoms with Gasteiger partial charge in [-0.3, -0.25) is 4.90 Å². The highest BCUT2D eigenvalue weighted by atomic mass is 16.5. The topological polar surface area (TPSA) is 24.5 Å². The van der Waals surface area contributed by atoms with Crippen molar-refractivity contribution >= 4 is 0 Å². The Kier molecular flexibility index (Phi) is 5.93. The zero-order chi connectivity index (χ0) is 12.8. The number of morpholine rings is 1. The van der Waals surface area contributed by atoms with Gasteiger partial charge in [0, 0.05) is 32.2 Å². The highest BCUT2D eigenvalue weighted by Crippen LogP contribution is 2.17. The van der Waals surface area contributed by atoms with E-state index in [0.29, 0.717) is 12.2 Å². The third-order valence-corrected chi connectivity index (χ3v) is 4.21. The summed E-state index contributed by atoms with van der Waals surface area (Å²) in [4.78, 5) is 2.54. The van der Waals surface area contributed by atoms with Crippen molar-refractivity contribution in [3.63, 3.8) is 0 Å². The molecule has 0 aromatic rings. The van der Waals surface area contributed by atoms with Crippen LogP contribution in [0.2, 0.25) is 0 Å². The zero-order valence-corrected chi connectivity index (χ0v) is 12.2. The van der Waals surface area contributed by atoms with Crippen LogP contribution in [0.15, 0.2) is 0 Å². The molecule has 0 aromatic heterocycles. The van der Waals surface area contributed by atoms with Crippen LogP contribution in [-0.2, 0) is 4.74 Å². The number of nitrogens with zero attached hydrogens (tertiary/aromatic N) is 1. The number of ether oxygens (including phenoxy) is 1. The number of nitrogens with one attached hydrogen (secondary N) is 1. The molecule has 1 aliphatic carbocycles. The second-order valence-electron chi connectivity index (χ2n) is 6.16. The van der Waals surface area contributed by atoms with Crippen LogP contribution in [-0.4, -0.2) is 49.3 Å². The van der Waals surface area contributed by atoms with Crippen molar-refractivity contribution in [2.45, 2.75) is 70.6 Å². The largest absolute Gasteiger partial charge is 0.373 e. The van der Waals surface area contributed by atoms with Gasteiger partial charge in [-0.05, 0) is 26.7 Å². The molecule has 2 fully saturated rings. The van der Waals surface area contributed by atoms with E-state index in [1.807, 2.05) is 0 Å². The molecule has 18 heavy (non-hydrogen) atoms. The molecule has 0 unspecified atom stereocenters. The molecule has 106 valence electrons. The monoisotopic (exact) mass is 254 g/mol. The standard InChI is InChI=1S/C15H30N2O/c1-13-11-17(12-14(2)18-13)10-9-16-15-7-5-3-4-6-8-15/h13-16H,3-12H2,1-2H3/t13-,14+. The second-order valence-corrected chi connectivity index (χ2v) is 6.16. The SMILES string of the molecule is C[C@@H]1CN(CCNC2CCCCCC2)C[C@H](C)O1. The summed E-state index contributed by atoms with van der Waals surface area (Å²) in [5.74, 6) is 0. The van der Waals surface area contributed by atoms with Crippen molar-refractivity contribution in [1.82, 2.24) is 10.2 Å². The first-order valence-corrected chi connectivity index (χ1v) is 7.85. The van der Waals surface area contributed by atoms with Crippen LogP contribution in [0.5, 0.6) is 0 Å². The molecular formula is C15H30N2O. The number of rotatable bonds is 4. The highest BCUT2D eigenvalue weighted by Gasteiger charge is 2.21. The van der Waals surface area contributed by atoms with Gasteiger partial charge in [0.05, 0.1) is 12.2 Å². The average Bonchev–Trinajstić information content (AvgIpc) is 2.56. The molecule has 1 saturated carbocycles. The van der Waals surface area contributed by atoms with Crippen molar-refractivity contribution < 1.29 is 4.74 Å². The van der Waals surface area contributed by atoms with Gasteiger partial charge in [-0.25, -0.2) is 0 Å². The quantitative estimate of drug-likeness (QED) is 0.780. The molecule has 1 N–H and O–H groups in total. The summed E-state index contributed by atoms with van der Waals surface area (Å²) >= 11 is 0. The maximum Gasteiger partial charge on any atom is 0.0678 e. The molecule has 0 bridgehead atoms. The lowest BCUT2D eigenvalue weighted by Crippen LogP contribution is -2.48. The fourth-order valence-electron chi connectivity index (χ4n) is 3.38. The molecule has 1 saturated heterocycles. The maximum atomic E-state index is 5.77. The van der Waals surface area contributed by atoms with E-state index in [-0.39, 0.29) is 0 Å². The average molecular weight is 254 g/mol. The van der Waals surface area contributed by atoms with Gasteiger partial charge in [0.1, 0.15) is 0 Å². The molecule has 0 spiro atoms. The Morgan fingerprint density at radius 1 is 1.00 bits per heavy atom. The third-order valence-electron chi connectivity index (χ3n) is 4.21. The normalized spacial score (nSPS) is 32.3. The van der Waals surface area contributed by atoms with Crippen LogP contribution >= 0.6 is 0 Å². The van der Waals surface area contributed by atoms with E-state index in [2.05, 4.69) is 24.1 Å². The zero-order valence-electron chi connectivity index (χ0n) is 12.2. The maximum absolute atomic E-state index is 5.77. The van der Waals surface area contributed by atoms with Crippen LogP contribution < -0.4 is 5.32 Å². The first-order chi connectivity index (χ1) is 8.74. The fourth-order valence-corrected chi connectivity index (χ4v) is 3.38. The minimum Gasteiger partial charge on any atom is -0.373 e. The Bertz CT molecular complexity index is 217. The minimum absolute atomic E-state index is 0.395. The molecular weight excluding hydrogens is 224 g/mol. The minimum atomic E-state index is 0.395. The molecule has 2 atom stereocenters. The predicted octanol–water partition coefficient (Wildman–Crippen LogP) is 2.41. The van der Waals surface area contributed by atoms with Crippen molar-refractivity contribution in [3.8, 4) is 0 Å². The molecule has 3 nitrogen and oxygen atoms in total. The van der Waals surface area contributed by atoms with Crippen molar-refractivity contribution in [3.05, 3.63) is 0 Å². The highest BCUT2D eigenvalue weighted by molar-refractivity contribution is 4.75. The molecule has 3 heteroatoms. The summed E-state index contributed by atoms with van der Waals surface area (Å²) in [6.07, 6.45) is 9.28. The van der Waals surface area contributed by atoms with E-state index in [1.165, 1.54) is 45.1 Å². The van der Waals surface area contributed by atoms with Crippen molar-refractivity contribution in [2.24, 2.45) is 0 Å². The van der Waals surface area contributed by atoms with Crippen LogP contribution in [0.3, 0.4) is 0 Å². The number of hydrogen-bond acceptors (Lipinski definition) is 3. The smallest absolute Gasteiger partial charge is 0.0678 e. The van der Waals surface area contributed by atoms with E-state index in [4.69, 9.17) is 4.74 Å². The fraction of sp³-hybridized carbons (Fsp3) is 1.00. The summed E-state index contributed by atoms with van der Waals surface area (Å²) < 4.78 is 5.77. The molecule has 0 aromatic carbocycles. The molecule has 0 radical (unpaired) electrons. The summed E-state index contributed by atoms with van der Waals surface area (Å²) in [5.41, 5.74) is 0. The summed E-state index contributed by atoms with van der Waals surface area (Å²) in [6.45, 7) is 8.87. The lowest BCUT2D eigenvalue weighted by molar-refractivity contribution is -0.0675. The van der Waals surface area contributed by atoms with E-state index < -0.39 is 0 Å². The van der Waals surface area contributed by atoms with Crippen LogP contribution in [0.4, 0.5) is 0 Å².